The van der Waals surface area contributed by atoms with Crippen molar-refractivity contribution in [2.24, 2.45) is 28.6 Å². The van der Waals surface area contributed by atoms with Crippen LogP contribution in [0.3, 0.4) is 0 Å². The minimum atomic E-state index is -0.427. The van der Waals surface area contributed by atoms with Crippen molar-refractivity contribution >= 4 is 11.9 Å². The first-order valence-electron chi connectivity index (χ1n) is 11.2. The zero-order chi connectivity index (χ0) is 20.8. The van der Waals surface area contributed by atoms with E-state index in [1.54, 1.807) is 6.08 Å². The third kappa shape index (κ3) is 3.45. The van der Waals surface area contributed by atoms with Gasteiger partial charge in [0.1, 0.15) is 6.54 Å². The number of methoxy groups -OCH3 is 1. The van der Waals surface area contributed by atoms with E-state index in [1.807, 2.05) is 0 Å². The lowest BCUT2D eigenvalue weighted by Gasteiger charge is -2.57. The number of hydrogen-bond acceptors (Lipinski definition) is 4. The predicted molar refractivity (Wildman–Crippen MR) is 111 cm³/mol. The summed E-state index contributed by atoms with van der Waals surface area (Å²) in [5.74, 6) is 1.36. The number of allylic oxidation sites excluding steroid dienone is 2. The number of carbonyl (C=O) groups excluding carboxylic acids is 2. The van der Waals surface area contributed by atoms with Crippen LogP contribution in [0.1, 0.15) is 65.2 Å². The average Bonchev–Trinajstić information content (AvgIpc) is 3.03. The minimum absolute atomic E-state index is 0.0816. The van der Waals surface area contributed by atoms with E-state index in [9.17, 15) is 14.7 Å². The third-order valence-electron chi connectivity index (χ3n) is 8.87. The Kier molecular flexibility index (Phi) is 5.39. The molecule has 0 unspecified atom stereocenters. The van der Waals surface area contributed by atoms with Crippen molar-refractivity contribution < 1.29 is 19.4 Å². The van der Waals surface area contributed by atoms with Gasteiger partial charge < -0.3 is 15.2 Å². The minimum Gasteiger partial charge on any atom is -0.468 e. The summed E-state index contributed by atoms with van der Waals surface area (Å²) in [5, 5.41) is 12.8. The maximum atomic E-state index is 12.4. The standard InChI is InChI=1S/C24H35NO4/c1-23-10-8-17(26)12-15(23)4-6-18-19-7-5-16(24(19,2)11-9-20(18)23)13-21(27)25-14-22(28)29-3/h4,13,17-20,26H,5-12,14H2,1-3H3,(H,25,27)/b16-13+/t17-,18-,19-,20-,23-,24+/m0/s1. The van der Waals surface area contributed by atoms with Gasteiger partial charge in [0, 0.05) is 6.08 Å². The van der Waals surface area contributed by atoms with Crippen molar-refractivity contribution in [2.75, 3.05) is 13.7 Å². The number of carbonyl (C=O) groups is 2. The van der Waals surface area contributed by atoms with Gasteiger partial charge in [0.15, 0.2) is 0 Å². The van der Waals surface area contributed by atoms with Gasteiger partial charge in [-0.3, -0.25) is 9.59 Å². The molecule has 0 aromatic carbocycles. The smallest absolute Gasteiger partial charge is 0.325 e. The molecule has 0 spiro atoms. The van der Waals surface area contributed by atoms with E-state index in [4.69, 9.17) is 0 Å². The Morgan fingerprint density at radius 2 is 1.93 bits per heavy atom. The van der Waals surface area contributed by atoms with Gasteiger partial charge >= 0.3 is 5.97 Å². The number of rotatable bonds is 3. The van der Waals surface area contributed by atoms with Crippen molar-refractivity contribution in [1.29, 1.82) is 0 Å². The van der Waals surface area contributed by atoms with Crippen molar-refractivity contribution in [3.05, 3.63) is 23.3 Å². The van der Waals surface area contributed by atoms with E-state index in [-0.39, 0.29) is 29.4 Å². The second-order valence-electron chi connectivity index (χ2n) is 10.1. The molecule has 0 aromatic rings. The Morgan fingerprint density at radius 3 is 2.69 bits per heavy atom. The van der Waals surface area contributed by atoms with Crippen molar-refractivity contribution in [2.45, 2.75) is 71.3 Å². The van der Waals surface area contributed by atoms with Crippen LogP contribution >= 0.6 is 0 Å². The Labute approximate surface area is 174 Å². The van der Waals surface area contributed by atoms with Crippen LogP contribution in [-0.4, -0.2) is 36.7 Å². The Morgan fingerprint density at radius 1 is 1.21 bits per heavy atom. The molecular formula is C24H35NO4. The van der Waals surface area contributed by atoms with Crippen LogP contribution in [0, 0.1) is 28.6 Å². The molecule has 160 valence electrons. The molecule has 3 fully saturated rings. The fourth-order valence-electron chi connectivity index (χ4n) is 7.17. The van der Waals surface area contributed by atoms with Crippen LogP contribution in [0.5, 0.6) is 0 Å². The second kappa shape index (κ2) is 7.57. The summed E-state index contributed by atoms with van der Waals surface area (Å²) >= 11 is 0. The Hall–Kier alpha value is -1.62. The number of fused-ring (bicyclic) bond motifs is 5. The molecule has 4 rings (SSSR count). The molecule has 5 heteroatoms. The van der Waals surface area contributed by atoms with Crippen molar-refractivity contribution in [3.63, 3.8) is 0 Å². The van der Waals surface area contributed by atoms with E-state index < -0.39 is 5.97 Å². The molecule has 2 N–H and O–H groups in total. The van der Waals surface area contributed by atoms with Crippen LogP contribution < -0.4 is 5.32 Å². The number of aliphatic hydroxyl groups is 1. The van der Waals surface area contributed by atoms with E-state index in [0.717, 1.165) is 44.9 Å². The number of esters is 1. The first-order chi connectivity index (χ1) is 13.8. The molecule has 0 aliphatic heterocycles. The molecule has 0 aromatic heterocycles. The highest BCUT2D eigenvalue weighted by molar-refractivity contribution is 5.91. The first kappa shape index (κ1) is 20.6. The van der Waals surface area contributed by atoms with Gasteiger partial charge in [-0.25, -0.2) is 0 Å². The molecule has 1 amide bonds. The van der Waals surface area contributed by atoms with Gasteiger partial charge in [-0.05, 0) is 80.0 Å². The molecule has 3 saturated carbocycles. The van der Waals surface area contributed by atoms with Gasteiger partial charge in [0.2, 0.25) is 5.91 Å². The average molecular weight is 402 g/mol. The molecule has 0 bridgehead atoms. The van der Waals surface area contributed by atoms with Crippen LogP contribution in [0.4, 0.5) is 0 Å². The molecular weight excluding hydrogens is 366 g/mol. The summed E-state index contributed by atoms with van der Waals surface area (Å²) in [6.45, 7) is 4.71. The molecule has 0 heterocycles. The number of amides is 1. The third-order valence-corrected chi connectivity index (χ3v) is 8.87. The molecule has 29 heavy (non-hydrogen) atoms. The van der Waals surface area contributed by atoms with E-state index in [1.165, 1.54) is 24.7 Å². The molecule has 4 aliphatic rings. The van der Waals surface area contributed by atoms with Gasteiger partial charge in [-0.15, -0.1) is 0 Å². The number of ether oxygens (including phenoxy) is 1. The molecule has 6 atom stereocenters. The summed E-state index contributed by atoms with van der Waals surface area (Å²) in [6.07, 6.45) is 12.5. The fraction of sp³-hybridized carbons (Fsp3) is 0.750. The summed E-state index contributed by atoms with van der Waals surface area (Å²) < 4.78 is 4.60. The van der Waals surface area contributed by atoms with E-state index in [2.05, 4.69) is 30.0 Å². The van der Waals surface area contributed by atoms with Crippen molar-refractivity contribution in [3.8, 4) is 0 Å². The van der Waals surface area contributed by atoms with Crippen LogP contribution in [0.25, 0.3) is 0 Å². The number of aliphatic hydroxyl groups excluding tert-OH is 1. The normalized spacial score (nSPS) is 42.3. The highest BCUT2D eigenvalue weighted by Crippen LogP contribution is 2.66. The fourth-order valence-corrected chi connectivity index (χ4v) is 7.17. The number of hydrogen-bond donors (Lipinski definition) is 2. The largest absolute Gasteiger partial charge is 0.468 e. The second-order valence-corrected chi connectivity index (χ2v) is 10.1. The van der Waals surface area contributed by atoms with Crippen LogP contribution in [0.2, 0.25) is 0 Å². The zero-order valence-electron chi connectivity index (χ0n) is 18.0. The Balaban J connectivity index is 1.52. The molecule has 5 nitrogen and oxygen atoms in total. The first-order valence-corrected chi connectivity index (χ1v) is 11.2. The molecule has 0 saturated heterocycles. The monoisotopic (exact) mass is 401 g/mol. The van der Waals surface area contributed by atoms with Crippen LogP contribution in [-0.2, 0) is 14.3 Å². The van der Waals surface area contributed by atoms with Gasteiger partial charge in [-0.1, -0.05) is 31.1 Å². The summed E-state index contributed by atoms with van der Waals surface area (Å²) in [5.41, 5.74) is 3.08. The summed E-state index contributed by atoms with van der Waals surface area (Å²) in [6, 6.07) is 0. The van der Waals surface area contributed by atoms with E-state index in [0.29, 0.717) is 17.8 Å². The van der Waals surface area contributed by atoms with Gasteiger partial charge in [0.25, 0.3) is 0 Å². The van der Waals surface area contributed by atoms with Gasteiger partial charge in [-0.2, -0.15) is 0 Å². The van der Waals surface area contributed by atoms with Gasteiger partial charge in [0.05, 0.1) is 13.2 Å². The van der Waals surface area contributed by atoms with Crippen molar-refractivity contribution in [1.82, 2.24) is 5.32 Å². The number of nitrogens with one attached hydrogen (secondary N) is 1. The SMILES string of the molecule is COC(=O)CNC(=O)/C=C1\CC[C@H]2[C@@H]3CC=C4C[C@@H](O)CC[C@]4(C)[C@H]3CC[C@]12C. The maximum Gasteiger partial charge on any atom is 0.325 e. The summed E-state index contributed by atoms with van der Waals surface area (Å²) in [4.78, 5) is 23.6. The zero-order valence-corrected chi connectivity index (χ0v) is 18.0. The lowest BCUT2D eigenvalue weighted by Crippen LogP contribution is -2.49. The summed E-state index contributed by atoms with van der Waals surface area (Å²) in [7, 11) is 1.32. The highest BCUT2D eigenvalue weighted by Gasteiger charge is 2.57. The Bertz CT molecular complexity index is 756. The molecule has 0 radical (unpaired) electrons. The topological polar surface area (TPSA) is 75.6 Å². The maximum absolute atomic E-state index is 12.4. The predicted octanol–water partition coefficient (Wildman–Crippen LogP) is 3.53. The quantitative estimate of drug-likeness (QED) is 0.431. The lowest BCUT2D eigenvalue weighted by atomic mass is 9.48. The highest BCUT2D eigenvalue weighted by atomic mass is 16.5. The lowest BCUT2D eigenvalue weighted by molar-refractivity contribution is -0.140. The van der Waals surface area contributed by atoms with Crippen LogP contribution in [0.15, 0.2) is 23.3 Å². The van der Waals surface area contributed by atoms with E-state index >= 15 is 0 Å². The molecule has 4 aliphatic carbocycles.